The van der Waals surface area contributed by atoms with Gasteiger partial charge in [-0.1, -0.05) is 11.6 Å². The lowest BCUT2D eigenvalue weighted by molar-refractivity contribution is 0.387. The highest BCUT2D eigenvalue weighted by Crippen LogP contribution is 2.27. The van der Waals surface area contributed by atoms with Gasteiger partial charge in [-0.25, -0.2) is 4.39 Å². The zero-order valence-corrected chi connectivity index (χ0v) is 11.0. The molecular formula is C13H18ClFN2. The van der Waals surface area contributed by atoms with Crippen LogP contribution in [0, 0.1) is 5.82 Å². The molecule has 1 heterocycles. The average Bonchev–Trinajstić information content (AvgIpc) is 2.32. The van der Waals surface area contributed by atoms with Gasteiger partial charge in [0.05, 0.1) is 5.02 Å². The minimum absolute atomic E-state index is 0.187. The van der Waals surface area contributed by atoms with Gasteiger partial charge in [-0.2, -0.15) is 0 Å². The zero-order valence-electron chi connectivity index (χ0n) is 10.2. The Bertz CT molecular complexity index is 397. The highest BCUT2D eigenvalue weighted by Gasteiger charge is 2.24. The second kappa shape index (κ2) is 5.23. The van der Waals surface area contributed by atoms with Gasteiger partial charge in [-0.3, -0.25) is 0 Å². The molecule has 0 radical (unpaired) electrons. The van der Waals surface area contributed by atoms with Crippen molar-refractivity contribution in [3.8, 4) is 0 Å². The monoisotopic (exact) mass is 256 g/mol. The van der Waals surface area contributed by atoms with Crippen molar-refractivity contribution < 1.29 is 4.39 Å². The van der Waals surface area contributed by atoms with E-state index in [0.717, 1.165) is 25.1 Å². The van der Waals surface area contributed by atoms with Crippen LogP contribution in [-0.2, 0) is 0 Å². The van der Waals surface area contributed by atoms with Crippen molar-refractivity contribution >= 4 is 17.3 Å². The van der Waals surface area contributed by atoms with Crippen LogP contribution < -0.4 is 10.2 Å². The summed E-state index contributed by atoms with van der Waals surface area (Å²) in [5, 5.41) is 3.49. The highest BCUT2D eigenvalue weighted by molar-refractivity contribution is 6.30. The van der Waals surface area contributed by atoms with Crippen molar-refractivity contribution in [3.05, 3.63) is 29.0 Å². The van der Waals surface area contributed by atoms with Gasteiger partial charge >= 0.3 is 0 Å². The number of halogens is 2. The number of anilines is 1. The van der Waals surface area contributed by atoms with E-state index in [1.54, 1.807) is 6.07 Å². The molecule has 4 heteroatoms. The summed E-state index contributed by atoms with van der Waals surface area (Å²) >= 11 is 5.70. The number of piperidine rings is 1. The van der Waals surface area contributed by atoms with Gasteiger partial charge in [0, 0.05) is 24.3 Å². The maximum absolute atomic E-state index is 13.4. The predicted molar refractivity (Wildman–Crippen MR) is 70.3 cm³/mol. The third-order valence-electron chi connectivity index (χ3n) is 3.52. The fourth-order valence-corrected chi connectivity index (χ4v) is 2.60. The third-order valence-corrected chi connectivity index (χ3v) is 3.83. The fourth-order valence-electron chi connectivity index (χ4n) is 2.48. The molecule has 0 saturated carbocycles. The molecular weight excluding hydrogens is 239 g/mol. The molecule has 1 N–H and O–H groups in total. The molecule has 17 heavy (non-hydrogen) atoms. The summed E-state index contributed by atoms with van der Waals surface area (Å²) in [6.45, 7) is 3.13. The molecule has 0 spiro atoms. The summed E-state index contributed by atoms with van der Waals surface area (Å²) in [5.74, 6) is -0.341. The standard InChI is InChI=1S/C13H18ClFN2/c1-9-7-10(16-2)5-6-17(9)11-3-4-12(14)13(15)8-11/h3-4,8-10,16H,5-7H2,1-2H3. The van der Waals surface area contributed by atoms with E-state index < -0.39 is 0 Å². The van der Waals surface area contributed by atoms with Crippen LogP contribution in [-0.4, -0.2) is 25.7 Å². The van der Waals surface area contributed by atoms with Crippen LogP contribution in [0.1, 0.15) is 19.8 Å². The first-order valence-corrected chi connectivity index (χ1v) is 6.38. The Morgan fingerprint density at radius 1 is 1.47 bits per heavy atom. The highest BCUT2D eigenvalue weighted by atomic mass is 35.5. The second-order valence-electron chi connectivity index (χ2n) is 4.65. The van der Waals surface area contributed by atoms with Crippen molar-refractivity contribution in [2.24, 2.45) is 0 Å². The van der Waals surface area contributed by atoms with E-state index in [0.29, 0.717) is 12.1 Å². The van der Waals surface area contributed by atoms with Gasteiger partial charge in [0.1, 0.15) is 5.82 Å². The Balaban J connectivity index is 2.14. The van der Waals surface area contributed by atoms with Gasteiger partial charge in [0.15, 0.2) is 0 Å². The van der Waals surface area contributed by atoms with Crippen molar-refractivity contribution in [2.45, 2.75) is 31.8 Å². The van der Waals surface area contributed by atoms with Crippen LogP contribution in [0.2, 0.25) is 5.02 Å². The van der Waals surface area contributed by atoms with E-state index >= 15 is 0 Å². The number of hydrogen-bond acceptors (Lipinski definition) is 2. The van der Waals surface area contributed by atoms with Gasteiger partial charge in [-0.15, -0.1) is 0 Å². The molecule has 1 aliphatic heterocycles. The average molecular weight is 257 g/mol. The van der Waals surface area contributed by atoms with Crippen LogP contribution >= 0.6 is 11.6 Å². The third kappa shape index (κ3) is 2.72. The van der Waals surface area contributed by atoms with Crippen molar-refractivity contribution in [1.29, 1.82) is 0 Å². The zero-order chi connectivity index (χ0) is 12.4. The van der Waals surface area contributed by atoms with Crippen LogP contribution in [0.25, 0.3) is 0 Å². The molecule has 2 nitrogen and oxygen atoms in total. The molecule has 0 amide bonds. The SMILES string of the molecule is CNC1CCN(c2ccc(Cl)c(F)c2)C(C)C1. The maximum atomic E-state index is 13.4. The molecule has 1 aromatic carbocycles. The normalized spacial score (nSPS) is 25.1. The van der Waals surface area contributed by atoms with Crippen molar-refractivity contribution in [3.63, 3.8) is 0 Å². The number of rotatable bonds is 2. The Morgan fingerprint density at radius 2 is 2.24 bits per heavy atom. The molecule has 0 bridgehead atoms. The lowest BCUT2D eigenvalue weighted by Gasteiger charge is -2.39. The minimum atomic E-state index is -0.341. The molecule has 1 aromatic rings. The number of nitrogens with zero attached hydrogens (tertiary/aromatic N) is 1. The summed E-state index contributed by atoms with van der Waals surface area (Å²) in [6, 6.07) is 6.03. The summed E-state index contributed by atoms with van der Waals surface area (Å²) < 4.78 is 13.4. The first kappa shape index (κ1) is 12.7. The summed E-state index contributed by atoms with van der Waals surface area (Å²) in [5.41, 5.74) is 0.925. The predicted octanol–water partition coefficient (Wildman–Crippen LogP) is 3.06. The molecule has 1 aliphatic rings. The molecule has 0 aromatic heterocycles. The van der Waals surface area contributed by atoms with Crippen molar-refractivity contribution in [2.75, 3.05) is 18.5 Å². The van der Waals surface area contributed by atoms with Gasteiger partial charge in [0.2, 0.25) is 0 Å². The molecule has 0 aliphatic carbocycles. The molecule has 1 fully saturated rings. The smallest absolute Gasteiger partial charge is 0.143 e. The van der Waals surface area contributed by atoms with Crippen LogP contribution in [0.3, 0.4) is 0 Å². The molecule has 2 unspecified atom stereocenters. The van der Waals surface area contributed by atoms with E-state index in [1.807, 2.05) is 13.1 Å². The Labute approximate surface area is 107 Å². The van der Waals surface area contributed by atoms with E-state index in [2.05, 4.69) is 17.1 Å². The summed E-state index contributed by atoms with van der Waals surface area (Å²) in [7, 11) is 2.00. The maximum Gasteiger partial charge on any atom is 0.143 e. The van der Waals surface area contributed by atoms with Gasteiger partial charge in [0.25, 0.3) is 0 Å². The molecule has 2 atom stereocenters. The quantitative estimate of drug-likeness (QED) is 0.875. The first-order chi connectivity index (χ1) is 8.11. The first-order valence-electron chi connectivity index (χ1n) is 6.00. The lowest BCUT2D eigenvalue weighted by atomic mass is 9.98. The van der Waals surface area contributed by atoms with E-state index in [9.17, 15) is 4.39 Å². The van der Waals surface area contributed by atoms with E-state index in [-0.39, 0.29) is 10.8 Å². The number of hydrogen-bond donors (Lipinski definition) is 1. The molecule has 1 saturated heterocycles. The largest absolute Gasteiger partial charge is 0.369 e. The van der Waals surface area contributed by atoms with Crippen LogP contribution in [0.4, 0.5) is 10.1 Å². The van der Waals surface area contributed by atoms with Crippen molar-refractivity contribution in [1.82, 2.24) is 5.32 Å². The number of benzene rings is 1. The summed E-state index contributed by atoms with van der Waals surface area (Å²) in [4.78, 5) is 2.24. The summed E-state index contributed by atoms with van der Waals surface area (Å²) in [6.07, 6.45) is 2.17. The number of nitrogens with one attached hydrogen (secondary N) is 1. The van der Waals surface area contributed by atoms with Gasteiger partial charge < -0.3 is 10.2 Å². The van der Waals surface area contributed by atoms with E-state index in [1.165, 1.54) is 6.07 Å². The topological polar surface area (TPSA) is 15.3 Å². The Kier molecular flexibility index (Phi) is 3.89. The molecule has 2 rings (SSSR count). The Hall–Kier alpha value is -0.800. The molecule has 94 valence electrons. The van der Waals surface area contributed by atoms with Gasteiger partial charge in [-0.05, 0) is 45.0 Å². The van der Waals surface area contributed by atoms with Crippen LogP contribution in [0.5, 0.6) is 0 Å². The fraction of sp³-hybridized carbons (Fsp3) is 0.538. The van der Waals surface area contributed by atoms with Crippen LogP contribution in [0.15, 0.2) is 18.2 Å². The minimum Gasteiger partial charge on any atom is -0.369 e. The lowest BCUT2D eigenvalue weighted by Crippen LogP contribution is -2.46. The second-order valence-corrected chi connectivity index (χ2v) is 5.06. The Morgan fingerprint density at radius 3 is 2.82 bits per heavy atom. The van der Waals surface area contributed by atoms with E-state index in [4.69, 9.17) is 11.6 Å².